The first-order valence-electron chi connectivity index (χ1n) is 9.35. The van der Waals surface area contributed by atoms with E-state index in [1.165, 1.54) is 19.3 Å². The lowest BCUT2D eigenvalue weighted by Crippen LogP contribution is -2.36. The lowest BCUT2D eigenvalue weighted by atomic mass is 9.95. The van der Waals surface area contributed by atoms with Crippen molar-refractivity contribution in [2.24, 2.45) is 0 Å². The van der Waals surface area contributed by atoms with Crippen molar-refractivity contribution in [3.63, 3.8) is 0 Å². The maximum atomic E-state index is 12.6. The van der Waals surface area contributed by atoms with Crippen molar-refractivity contribution in [3.8, 4) is 17.0 Å². The summed E-state index contributed by atoms with van der Waals surface area (Å²) in [4.78, 5) is 12.6. The highest BCUT2D eigenvalue weighted by molar-refractivity contribution is 5.99. The fourth-order valence-corrected chi connectivity index (χ4v) is 3.24. The highest BCUT2D eigenvalue weighted by atomic mass is 16.5. The third-order valence-electron chi connectivity index (χ3n) is 4.73. The topological polar surface area (TPSA) is 67.0 Å². The highest BCUT2D eigenvalue weighted by Crippen LogP contribution is 2.25. The number of hydrogen-bond acceptors (Lipinski definition) is 3. The third-order valence-corrected chi connectivity index (χ3v) is 4.73. The Kier molecular flexibility index (Phi) is 6.09. The van der Waals surface area contributed by atoms with Crippen LogP contribution >= 0.6 is 0 Å². The summed E-state index contributed by atoms with van der Waals surface area (Å²) < 4.78 is 5.69. The van der Waals surface area contributed by atoms with Crippen LogP contribution < -0.4 is 10.1 Å². The van der Waals surface area contributed by atoms with Gasteiger partial charge in [-0.15, -0.1) is 0 Å². The van der Waals surface area contributed by atoms with Gasteiger partial charge < -0.3 is 10.1 Å². The zero-order chi connectivity index (χ0) is 17.5. The molecule has 0 radical (unpaired) electrons. The summed E-state index contributed by atoms with van der Waals surface area (Å²) in [6.45, 7) is 2.87. The number of H-pyrrole nitrogens is 1. The Morgan fingerprint density at radius 1 is 1.24 bits per heavy atom. The van der Waals surface area contributed by atoms with Gasteiger partial charge in [0.1, 0.15) is 5.75 Å². The normalized spacial score (nSPS) is 15.1. The van der Waals surface area contributed by atoms with E-state index in [9.17, 15) is 4.79 Å². The van der Waals surface area contributed by atoms with Gasteiger partial charge in [0.2, 0.25) is 0 Å². The number of aromatic amines is 1. The number of ether oxygens (including phenoxy) is 1. The van der Waals surface area contributed by atoms with E-state index in [1.807, 2.05) is 24.3 Å². The van der Waals surface area contributed by atoms with Crippen LogP contribution in [0.25, 0.3) is 11.3 Å². The fourth-order valence-electron chi connectivity index (χ4n) is 3.24. The zero-order valence-electron chi connectivity index (χ0n) is 14.9. The molecule has 1 saturated carbocycles. The molecule has 2 aromatic rings. The Labute approximate surface area is 149 Å². The van der Waals surface area contributed by atoms with E-state index < -0.39 is 0 Å². The number of nitrogens with one attached hydrogen (secondary N) is 2. The van der Waals surface area contributed by atoms with Crippen LogP contribution in [0.15, 0.2) is 30.5 Å². The molecule has 25 heavy (non-hydrogen) atoms. The molecule has 0 aliphatic heterocycles. The Hall–Kier alpha value is -2.30. The molecule has 5 nitrogen and oxygen atoms in total. The van der Waals surface area contributed by atoms with Crippen molar-refractivity contribution in [2.75, 3.05) is 6.61 Å². The molecule has 1 aromatic heterocycles. The zero-order valence-corrected chi connectivity index (χ0v) is 14.9. The Balaban J connectivity index is 1.67. The van der Waals surface area contributed by atoms with Crippen molar-refractivity contribution in [3.05, 3.63) is 36.0 Å². The molecule has 0 unspecified atom stereocenters. The number of amides is 1. The van der Waals surface area contributed by atoms with Gasteiger partial charge >= 0.3 is 0 Å². The van der Waals surface area contributed by atoms with Crippen LogP contribution in [0.2, 0.25) is 0 Å². The number of rotatable bonds is 7. The Bertz CT molecular complexity index is 673. The predicted molar refractivity (Wildman–Crippen MR) is 98.8 cm³/mol. The average molecular weight is 341 g/mol. The number of unbranched alkanes of at least 4 members (excludes halogenated alkanes) is 1. The van der Waals surface area contributed by atoms with E-state index in [0.717, 1.165) is 49.3 Å². The summed E-state index contributed by atoms with van der Waals surface area (Å²) in [6.07, 6.45) is 9.59. The van der Waals surface area contributed by atoms with Crippen molar-refractivity contribution in [1.82, 2.24) is 15.5 Å². The molecule has 1 heterocycles. The first-order chi connectivity index (χ1) is 12.3. The third kappa shape index (κ3) is 4.62. The molecule has 1 aromatic carbocycles. The van der Waals surface area contributed by atoms with Gasteiger partial charge in [-0.2, -0.15) is 5.10 Å². The van der Waals surface area contributed by atoms with Gasteiger partial charge in [0.15, 0.2) is 0 Å². The van der Waals surface area contributed by atoms with Crippen LogP contribution in [0.1, 0.15) is 62.2 Å². The SMILES string of the molecule is CCCCOc1ccc(-c2[nH]ncc2C(=O)NC2CCCCC2)cc1. The molecule has 1 amide bonds. The van der Waals surface area contributed by atoms with Crippen LogP contribution in [-0.2, 0) is 0 Å². The number of carbonyl (C=O) groups is 1. The summed E-state index contributed by atoms with van der Waals surface area (Å²) >= 11 is 0. The molecule has 0 spiro atoms. The van der Waals surface area contributed by atoms with Crippen molar-refractivity contribution >= 4 is 5.91 Å². The van der Waals surface area contributed by atoms with Crippen LogP contribution in [0.5, 0.6) is 5.75 Å². The number of nitrogens with zero attached hydrogens (tertiary/aromatic N) is 1. The van der Waals surface area contributed by atoms with Crippen molar-refractivity contribution in [1.29, 1.82) is 0 Å². The Morgan fingerprint density at radius 3 is 2.72 bits per heavy atom. The molecular weight excluding hydrogens is 314 g/mol. The largest absolute Gasteiger partial charge is 0.494 e. The monoisotopic (exact) mass is 341 g/mol. The molecule has 1 fully saturated rings. The number of hydrogen-bond donors (Lipinski definition) is 2. The van der Waals surface area contributed by atoms with E-state index >= 15 is 0 Å². The fraction of sp³-hybridized carbons (Fsp3) is 0.500. The predicted octanol–water partition coefficient (Wildman–Crippen LogP) is 4.32. The van der Waals surface area contributed by atoms with Crippen LogP contribution in [0.4, 0.5) is 0 Å². The molecule has 0 atom stereocenters. The van der Waals surface area contributed by atoms with E-state index in [2.05, 4.69) is 22.4 Å². The van der Waals surface area contributed by atoms with Crippen LogP contribution in [0, 0.1) is 0 Å². The molecule has 3 rings (SSSR count). The molecular formula is C20H27N3O2. The molecule has 0 saturated heterocycles. The minimum atomic E-state index is -0.0427. The van der Waals surface area contributed by atoms with Gasteiger partial charge in [0, 0.05) is 11.6 Å². The van der Waals surface area contributed by atoms with Gasteiger partial charge in [0.25, 0.3) is 5.91 Å². The number of aromatic nitrogens is 2. The van der Waals surface area contributed by atoms with Crippen molar-refractivity contribution < 1.29 is 9.53 Å². The maximum absolute atomic E-state index is 12.6. The summed E-state index contributed by atoms with van der Waals surface area (Å²) in [7, 11) is 0. The van der Waals surface area contributed by atoms with Crippen LogP contribution in [0.3, 0.4) is 0 Å². The summed E-state index contributed by atoms with van der Waals surface area (Å²) in [5.41, 5.74) is 2.30. The standard InChI is InChI=1S/C20H27N3O2/c1-2-3-13-25-17-11-9-15(10-12-17)19-18(14-21-23-19)20(24)22-16-7-5-4-6-8-16/h9-12,14,16H,2-8,13H2,1H3,(H,21,23)(H,22,24). The van der Waals surface area contributed by atoms with E-state index in [4.69, 9.17) is 4.74 Å². The van der Waals surface area contributed by atoms with Crippen molar-refractivity contribution in [2.45, 2.75) is 57.9 Å². The van der Waals surface area contributed by atoms with E-state index in [1.54, 1.807) is 6.20 Å². The lowest BCUT2D eigenvalue weighted by Gasteiger charge is -2.22. The van der Waals surface area contributed by atoms with Gasteiger partial charge in [-0.25, -0.2) is 0 Å². The second-order valence-electron chi connectivity index (χ2n) is 6.69. The van der Waals surface area contributed by atoms with E-state index in [-0.39, 0.29) is 5.91 Å². The highest BCUT2D eigenvalue weighted by Gasteiger charge is 2.20. The maximum Gasteiger partial charge on any atom is 0.255 e. The molecule has 134 valence electrons. The van der Waals surface area contributed by atoms with Gasteiger partial charge in [-0.05, 0) is 43.5 Å². The van der Waals surface area contributed by atoms with E-state index in [0.29, 0.717) is 11.6 Å². The summed E-state index contributed by atoms with van der Waals surface area (Å²) in [6, 6.07) is 8.10. The molecule has 5 heteroatoms. The van der Waals surface area contributed by atoms with Gasteiger partial charge in [-0.3, -0.25) is 9.89 Å². The van der Waals surface area contributed by atoms with Crippen LogP contribution in [-0.4, -0.2) is 28.8 Å². The number of carbonyl (C=O) groups excluding carboxylic acids is 1. The molecule has 2 N–H and O–H groups in total. The second kappa shape index (κ2) is 8.70. The smallest absolute Gasteiger partial charge is 0.255 e. The summed E-state index contributed by atoms with van der Waals surface area (Å²) in [5.74, 6) is 0.809. The van der Waals surface area contributed by atoms with Gasteiger partial charge in [-0.1, -0.05) is 32.6 Å². The quantitative estimate of drug-likeness (QED) is 0.737. The molecule has 1 aliphatic rings. The number of benzene rings is 1. The Morgan fingerprint density at radius 2 is 2.00 bits per heavy atom. The first-order valence-corrected chi connectivity index (χ1v) is 9.35. The summed E-state index contributed by atoms with van der Waals surface area (Å²) in [5, 5.41) is 10.2. The molecule has 0 bridgehead atoms. The second-order valence-corrected chi connectivity index (χ2v) is 6.69. The lowest BCUT2D eigenvalue weighted by molar-refractivity contribution is 0.0928. The molecule has 1 aliphatic carbocycles. The minimum absolute atomic E-state index is 0.0427. The first kappa shape index (κ1) is 17.5. The van der Waals surface area contributed by atoms with Gasteiger partial charge in [0.05, 0.1) is 24.1 Å². The minimum Gasteiger partial charge on any atom is -0.494 e. The average Bonchev–Trinajstić information content (AvgIpc) is 3.13.